The highest BCUT2D eigenvalue weighted by atomic mass is 79.9. The highest BCUT2D eigenvalue weighted by molar-refractivity contribution is 9.10. The third-order valence-electron chi connectivity index (χ3n) is 3.51. The summed E-state index contributed by atoms with van der Waals surface area (Å²) in [6, 6.07) is 6.31. The fourth-order valence-electron chi connectivity index (χ4n) is 2.10. The predicted molar refractivity (Wildman–Crippen MR) is 91.8 cm³/mol. The van der Waals surface area contributed by atoms with Gasteiger partial charge in [-0.3, -0.25) is 4.79 Å². The van der Waals surface area contributed by atoms with Gasteiger partial charge in [0.15, 0.2) is 5.03 Å². The fraction of sp³-hybridized carbons (Fsp3) is 0.333. The third kappa shape index (κ3) is 4.43. The number of aromatic nitrogens is 2. The summed E-state index contributed by atoms with van der Waals surface area (Å²) in [5.74, 6) is 0.0576. The van der Waals surface area contributed by atoms with E-state index < -0.39 is 22.0 Å². The number of carbonyl (C=O) groups excluding carboxylic acids is 1. The lowest BCUT2D eigenvalue weighted by molar-refractivity contribution is -0.141. The number of carbonyl (C=O) groups is 1. The maximum Gasteiger partial charge on any atom is 0.307 e. The van der Waals surface area contributed by atoms with Crippen molar-refractivity contribution < 1.29 is 17.9 Å². The Labute approximate surface area is 149 Å². The van der Waals surface area contributed by atoms with Crippen molar-refractivity contribution in [1.82, 2.24) is 14.3 Å². The van der Waals surface area contributed by atoms with Gasteiger partial charge in [-0.25, -0.2) is 18.1 Å². The zero-order chi connectivity index (χ0) is 17.9. The zero-order valence-electron chi connectivity index (χ0n) is 13.5. The number of hydrogen-bond acceptors (Lipinski definition) is 5. The number of halogens is 1. The molecule has 1 atom stereocenters. The van der Waals surface area contributed by atoms with E-state index in [9.17, 15) is 13.2 Å². The molecular weight excluding hydrogens is 398 g/mol. The number of aryl methyl sites for hydroxylation is 2. The van der Waals surface area contributed by atoms with Gasteiger partial charge in [-0.15, -0.1) is 0 Å². The van der Waals surface area contributed by atoms with Crippen LogP contribution in [0.2, 0.25) is 0 Å². The minimum absolute atomic E-state index is 0.0904. The molecule has 0 bridgehead atoms. The molecule has 0 saturated heterocycles. The van der Waals surface area contributed by atoms with Crippen molar-refractivity contribution in [2.75, 3.05) is 7.11 Å². The number of nitrogens with zero attached hydrogens (tertiary/aromatic N) is 2. The molecule has 24 heavy (non-hydrogen) atoms. The topological polar surface area (TPSA) is 90.3 Å². The molecule has 1 heterocycles. The molecule has 0 aliphatic carbocycles. The number of benzene rings is 1. The summed E-state index contributed by atoms with van der Waals surface area (Å²) in [6.07, 6.45) is 1.30. The quantitative estimate of drug-likeness (QED) is 0.729. The summed E-state index contributed by atoms with van der Waals surface area (Å²) < 4.78 is 34.8. The van der Waals surface area contributed by atoms with E-state index in [1.165, 1.54) is 13.3 Å². The van der Waals surface area contributed by atoms with Gasteiger partial charge in [-0.1, -0.05) is 28.1 Å². The second kappa shape index (κ2) is 7.45. The van der Waals surface area contributed by atoms with Crippen molar-refractivity contribution in [3.8, 4) is 0 Å². The molecular formula is C15H18BrN3O4S. The number of rotatable bonds is 6. The molecule has 2 rings (SSSR count). The summed E-state index contributed by atoms with van der Waals surface area (Å²) in [5, 5.41) is -0.0904. The number of ether oxygens (including phenoxy) is 1. The first kappa shape index (κ1) is 18.6. The van der Waals surface area contributed by atoms with Crippen LogP contribution in [0.5, 0.6) is 0 Å². The first-order valence-corrected chi connectivity index (χ1v) is 9.35. The molecule has 0 radical (unpaired) electrons. The minimum atomic E-state index is -3.88. The fourth-order valence-corrected chi connectivity index (χ4v) is 3.79. The molecule has 0 saturated carbocycles. The number of imidazole rings is 1. The molecule has 0 amide bonds. The molecule has 1 unspecified atom stereocenters. The Hall–Kier alpha value is -1.71. The molecule has 0 spiro atoms. The van der Waals surface area contributed by atoms with Crippen molar-refractivity contribution in [3.05, 3.63) is 46.3 Å². The number of nitrogens with one attached hydrogen (secondary N) is 1. The van der Waals surface area contributed by atoms with Gasteiger partial charge in [0.05, 0.1) is 19.6 Å². The minimum Gasteiger partial charge on any atom is -0.469 e. The Balaban J connectivity index is 2.35. The average molecular weight is 416 g/mol. The summed E-state index contributed by atoms with van der Waals surface area (Å²) >= 11 is 3.34. The largest absolute Gasteiger partial charge is 0.469 e. The van der Waals surface area contributed by atoms with Gasteiger partial charge in [0.25, 0.3) is 10.0 Å². The van der Waals surface area contributed by atoms with E-state index in [-0.39, 0.29) is 11.4 Å². The summed E-state index contributed by atoms with van der Waals surface area (Å²) in [4.78, 5) is 15.7. The SMILES string of the molecule is COC(=O)CC(NS(=O)(=O)c1cn(C)c(C)n1)c1cccc(Br)c1. The highest BCUT2D eigenvalue weighted by Gasteiger charge is 2.26. The van der Waals surface area contributed by atoms with E-state index in [1.807, 2.05) is 6.07 Å². The number of sulfonamides is 1. The van der Waals surface area contributed by atoms with E-state index >= 15 is 0 Å². The maximum absolute atomic E-state index is 12.6. The molecule has 1 aromatic heterocycles. The second-order valence-corrected chi connectivity index (χ2v) is 7.82. The Morgan fingerprint density at radius 1 is 1.46 bits per heavy atom. The van der Waals surface area contributed by atoms with Crippen molar-refractivity contribution in [2.24, 2.45) is 7.05 Å². The van der Waals surface area contributed by atoms with Crippen LogP contribution in [0.25, 0.3) is 0 Å². The molecule has 0 fully saturated rings. The van der Waals surface area contributed by atoms with Crippen LogP contribution in [0.4, 0.5) is 0 Å². The first-order valence-electron chi connectivity index (χ1n) is 7.07. The Morgan fingerprint density at radius 2 is 2.17 bits per heavy atom. The molecule has 1 N–H and O–H groups in total. The van der Waals surface area contributed by atoms with E-state index in [4.69, 9.17) is 0 Å². The van der Waals surface area contributed by atoms with Crippen LogP contribution in [0.15, 0.2) is 40.0 Å². The number of hydrogen-bond donors (Lipinski definition) is 1. The summed E-state index contributed by atoms with van der Waals surface area (Å²) in [7, 11) is -0.910. The smallest absolute Gasteiger partial charge is 0.307 e. The van der Waals surface area contributed by atoms with Crippen molar-refractivity contribution >= 4 is 31.9 Å². The van der Waals surface area contributed by atoms with Crippen molar-refractivity contribution in [3.63, 3.8) is 0 Å². The average Bonchev–Trinajstić information content (AvgIpc) is 2.86. The third-order valence-corrected chi connectivity index (χ3v) is 5.34. The second-order valence-electron chi connectivity index (χ2n) is 5.25. The monoisotopic (exact) mass is 415 g/mol. The van der Waals surface area contributed by atoms with Gasteiger partial charge in [-0.05, 0) is 24.6 Å². The molecule has 2 aromatic rings. The molecule has 9 heteroatoms. The predicted octanol–water partition coefficient (Wildman–Crippen LogP) is 2.07. The van der Waals surface area contributed by atoms with Gasteiger partial charge >= 0.3 is 5.97 Å². The molecule has 7 nitrogen and oxygen atoms in total. The Kier molecular flexibility index (Phi) is 5.79. The van der Waals surface area contributed by atoms with Crippen LogP contribution in [0, 0.1) is 6.92 Å². The van der Waals surface area contributed by atoms with Crippen LogP contribution in [-0.2, 0) is 26.6 Å². The highest BCUT2D eigenvalue weighted by Crippen LogP contribution is 2.23. The van der Waals surface area contributed by atoms with Gasteiger partial charge in [-0.2, -0.15) is 0 Å². The molecule has 130 valence electrons. The van der Waals surface area contributed by atoms with Crippen LogP contribution in [0.3, 0.4) is 0 Å². The van der Waals surface area contributed by atoms with Crippen LogP contribution in [-0.4, -0.2) is 31.0 Å². The molecule has 0 aliphatic rings. The lowest BCUT2D eigenvalue weighted by Gasteiger charge is -2.17. The maximum atomic E-state index is 12.6. The van der Waals surface area contributed by atoms with Crippen molar-refractivity contribution in [2.45, 2.75) is 24.4 Å². The van der Waals surface area contributed by atoms with E-state index in [2.05, 4.69) is 30.4 Å². The number of methoxy groups -OCH3 is 1. The van der Waals surface area contributed by atoms with Gasteiger partial charge in [0, 0.05) is 17.7 Å². The van der Waals surface area contributed by atoms with Crippen molar-refractivity contribution in [1.29, 1.82) is 0 Å². The van der Waals surface area contributed by atoms with Gasteiger partial charge in [0.2, 0.25) is 0 Å². The first-order chi connectivity index (χ1) is 11.2. The summed E-state index contributed by atoms with van der Waals surface area (Å²) in [5.41, 5.74) is 0.644. The van der Waals surface area contributed by atoms with Gasteiger partial charge < -0.3 is 9.30 Å². The summed E-state index contributed by atoms with van der Waals surface area (Å²) in [6.45, 7) is 1.71. The molecule has 1 aromatic carbocycles. The van der Waals surface area contributed by atoms with Crippen LogP contribution in [0.1, 0.15) is 23.9 Å². The van der Waals surface area contributed by atoms with E-state index in [0.717, 1.165) is 4.47 Å². The molecule has 0 aliphatic heterocycles. The van der Waals surface area contributed by atoms with E-state index in [1.54, 1.807) is 36.7 Å². The lowest BCUT2D eigenvalue weighted by Crippen LogP contribution is -2.31. The standard InChI is InChI=1S/C15H18BrN3O4S/c1-10-17-14(9-19(10)2)24(21,22)18-13(8-15(20)23-3)11-5-4-6-12(16)7-11/h4-7,9,13,18H,8H2,1-3H3. The normalized spacial score (nSPS) is 12.8. The van der Waals surface area contributed by atoms with Crippen LogP contribution < -0.4 is 4.72 Å². The lowest BCUT2D eigenvalue weighted by atomic mass is 10.1. The van der Waals surface area contributed by atoms with E-state index in [0.29, 0.717) is 11.4 Å². The Bertz CT molecular complexity index is 829. The number of esters is 1. The van der Waals surface area contributed by atoms with Gasteiger partial charge in [0.1, 0.15) is 5.82 Å². The zero-order valence-corrected chi connectivity index (χ0v) is 15.9. The van der Waals surface area contributed by atoms with Crippen LogP contribution >= 0.6 is 15.9 Å². The Morgan fingerprint density at radius 3 is 2.71 bits per heavy atom.